The van der Waals surface area contributed by atoms with Crippen LogP contribution in [0.1, 0.15) is 5.56 Å². The van der Waals surface area contributed by atoms with Gasteiger partial charge in [0.1, 0.15) is 11.5 Å². The van der Waals surface area contributed by atoms with Crippen molar-refractivity contribution in [1.29, 1.82) is 0 Å². The number of rotatable bonds is 7. The predicted molar refractivity (Wildman–Crippen MR) is 78.9 cm³/mol. The van der Waals surface area contributed by atoms with Crippen molar-refractivity contribution in [3.8, 4) is 11.5 Å². The molecular formula is C13H20N2O3S. The minimum absolute atomic E-state index is 0.589. The number of methoxy groups -OCH3 is 3. The fraction of sp³-hybridized carbons (Fsp3) is 0.462. The van der Waals surface area contributed by atoms with Crippen molar-refractivity contribution in [2.24, 2.45) is 0 Å². The lowest BCUT2D eigenvalue weighted by atomic mass is 10.2. The van der Waals surface area contributed by atoms with E-state index in [9.17, 15) is 0 Å². The van der Waals surface area contributed by atoms with Crippen molar-refractivity contribution in [3.05, 3.63) is 23.8 Å². The van der Waals surface area contributed by atoms with Gasteiger partial charge in [0.2, 0.25) is 0 Å². The van der Waals surface area contributed by atoms with Crippen LogP contribution in [0.5, 0.6) is 11.5 Å². The summed E-state index contributed by atoms with van der Waals surface area (Å²) < 4.78 is 15.4. The molecule has 0 aliphatic rings. The summed E-state index contributed by atoms with van der Waals surface area (Å²) in [5.74, 6) is 1.54. The van der Waals surface area contributed by atoms with E-state index < -0.39 is 0 Å². The largest absolute Gasteiger partial charge is 0.497 e. The topological polar surface area (TPSA) is 51.8 Å². The van der Waals surface area contributed by atoms with Crippen molar-refractivity contribution < 1.29 is 14.2 Å². The Balaban J connectivity index is 2.50. The monoisotopic (exact) mass is 284 g/mol. The molecule has 0 aliphatic heterocycles. The fourth-order valence-electron chi connectivity index (χ4n) is 1.50. The third-order valence-electron chi connectivity index (χ3n) is 2.53. The van der Waals surface area contributed by atoms with E-state index in [2.05, 4.69) is 10.6 Å². The van der Waals surface area contributed by atoms with Crippen LogP contribution in [0.4, 0.5) is 0 Å². The van der Waals surface area contributed by atoms with Crippen LogP contribution in [-0.4, -0.2) is 39.6 Å². The summed E-state index contributed by atoms with van der Waals surface area (Å²) in [6.45, 7) is 1.89. The molecule has 1 rings (SSSR count). The average Bonchev–Trinajstić information content (AvgIpc) is 2.45. The van der Waals surface area contributed by atoms with Crippen LogP contribution >= 0.6 is 12.2 Å². The molecule has 0 aliphatic carbocycles. The molecule has 0 atom stereocenters. The summed E-state index contributed by atoms with van der Waals surface area (Å²) in [6, 6.07) is 5.68. The smallest absolute Gasteiger partial charge is 0.166 e. The van der Waals surface area contributed by atoms with Crippen molar-refractivity contribution in [1.82, 2.24) is 10.6 Å². The Hall–Kier alpha value is -1.53. The molecule has 0 heterocycles. The molecule has 6 heteroatoms. The van der Waals surface area contributed by atoms with Crippen LogP contribution in [0.15, 0.2) is 18.2 Å². The number of nitrogens with one attached hydrogen (secondary N) is 2. The second kappa shape index (κ2) is 8.55. The van der Waals surface area contributed by atoms with Crippen LogP contribution in [0.2, 0.25) is 0 Å². The van der Waals surface area contributed by atoms with Crippen molar-refractivity contribution in [2.45, 2.75) is 6.54 Å². The standard InChI is InChI=1S/C13H20N2O3S/c1-16-7-6-14-13(19)15-9-10-4-5-11(17-2)8-12(10)18-3/h4-5,8H,6-7,9H2,1-3H3,(H2,14,15,19). The van der Waals surface area contributed by atoms with E-state index in [-0.39, 0.29) is 0 Å². The SMILES string of the molecule is COCCNC(=S)NCc1ccc(OC)cc1OC. The Morgan fingerprint density at radius 3 is 2.58 bits per heavy atom. The second-order valence-corrected chi connectivity index (χ2v) is 4.19. The van der Waals surface area contributed by atoms with E-state index in [1.807, 2.05) is 18.2 Å². The lowest BCUT2D eigenvalue weighted by Crippen LogP contribution is -2.36. The van der Waals surface area contributed by atoms with Gasteiger partial charge >= 0.3 is 0 Å². The molecule has 0 saturated carbocycles. The van der Waals surface area contributed by atoms with Crippen molar-refractivity contribution in [2.75, 3.05) is 34.5 Å². The third-order valence-corrected chi connectivity index (χ3v) is 2.81. The zero-order valence-corrected chi connectivity index (χ0v) is 12.3. The van der Waals surface area contributed by atoms with Gasteiger partial charge in [0.05, 0.1) is 20.8 Å². The van der Waals surface area contributed by atoms with Gasteiger partial charge in [-0.1, -0.05) is 0 Å². The quantitative estimate of drug-likeness (QED) is 0.582. The molecule has 1 aromatic rings. The van der Waals surface area contributed by atoms with Crippen LogP contribution in [0, 0.1) is 0 Å². The number of ether oxygens (including phenoxy) is 3. The summed E-state index contributed by atoms with van der Waals surface area (Å²) in [6.07, 6.45) is 0. The molecule has 0 radical (unpaired) electrons. The number of hydrogen-bond donors (Lipinski definition) is 2. The first-order valence-corrected chi connectivity index (χ1v) is 6.33. The number of benzene rings is 1. The highest BCUT2D eigenvalue weighted by atomic mass is 32.1. The summed E-state index contributed by atoms with van der Waals surface area (Å²) in [5.41, 5.74) is 1.01. The van der Waals surface area contributed by atoms with Crippen molar-refractivity contribution >= 4 is 17.3 Å². The highest BCUT2D eigenvalue weighted by molar-refractivity contribution is 7.80. The Kier molecular flexibility index (Phi) is 6.99. The molecule has 0 aromatic heterocycles. The molecule has 106 valence electrons. The number of thiocarbonyl (C=S) groups is 1. The van der Waals surface area contributed by atoms with Crippen LogP contribution < -0.4 is 20.1 Å². The van der Waals surface area contributed by atoms with Crippen LogP contribution in [0.3, 0.4) is 0 Å². The molecule has 19 heavy (non-hydrogen) atoms. The lowest BCUT2D eigenvalue weighted by molar-refractivity contribution is 0.204. The molecule has 1 aromatic carbocycles. The normalized spacial score (nSPS) is 9.84. The van der Waals surface area contributed by atoms with Gasteiger partial charge in [0, 0.05) is 31.8 Å². The van der Waals surface area contributed by atoms with E-state index >= 15 is 0 Å². The highest BCUT2D eigenvalue weighted by Gasteiger charge is 2.05. The molecule has 0 bridgehead atoms. The molecule has 0 spiro atoms. The van der Waals surface area contributed by atoms with Crippen LogP contribution in [0.25, 0.3) is 0 Å². The first kappa shape index (κ1) is 15.5. The second-order valence-electron chi connectivity index (χ2n) is 3.78. The maximum atomic E-state index is 5.31. The van der Waals surface area contributed by atoms with E-state index in [1.165, 1.54) is 0 Å². The molecule has 5 nitrogen and oxygen atoms in total. The summed E-state index contributed by atoms with van der Waals surface area (Å²) in [7, 11) is 4.91. The Morgan fingerprint density at radius 1 is 1.16 bits per heavy atom. The van der Waals surface area contributed by atoms with E-state index in [1.54, 1.807) is 21.3 Å². The Bertz CT molecular complexity index is 413. The van der Waals surface area contributed by atoms with Gasteiger partial charge < -0.3 is 24.8 Å². The maximum absolute atomic E-state index is 5.31. The lowest BCUT2D eigenvalue weighted by Gasteiger charge is -2.13. The van der Waals surface area contributed by atoms with E-state index in [4.69, 9.17) is 26.4 Å². The third kappa shape index (κ3) is 5.32. The summed E-state index contributed by atoms with van der Waals surface area (Å²) >= 11 is 5.15. The van der Waals surface area contributed by atoms with Crippen LogP contribution in [-0.2, 0) is 11.3 Å². The summed E-state index contributed by atoms with van der Waals surface area (Å²) in [5, 5.41) is 6.75. The molecule has 2 N–H and O–H groups in total. The van der Waals surface area contributed by atoms with Gasteiger partial charge in [-0.25, -0.2) is 0 Å². The Labute approximate surface area is 119 Å². The number of hydrogen-bond acceptors (Lipinski definition) is 4. The molecule has 0 fully saturated rings. The summed E-state index contributed by atoms with van der Waals surface area (Å²) in [4.78, 5) is 0. The molecule has 0 saturated heterocycles. The van der Waals surface area contributed by atoms with Gasteiger partial charge in [-0.2, -0.15) is 0 Å². The van der Waals surface area contributed by atoms with E-state index in [0.717, 1.165) is 17.1 Å². The minimum atomic E-state index is 0.589. The molecule has 0 amide bonds. The van der Waals surface area contributed by atoms with Gasteiger partial charge in [-0.3, -0.25) is 0 Å². The fourth-order valence-corrected chi connectivity index (χ4v) is 1.68. The first-order chi connectivity index (χ1) is 9.21. The van der Waals surface area contributed by atoms with Gasteiger partial charge in [-0.15, -0.1) is 0 Å². The molecule has 0 unspecified atom stereocenters. The van der Waals surface area contributed by atoms with Gasteiger partial charge in [-0.05, 0) is 24.4 Å². The maximum Gasteiger partial charge on any atom is 0.166 e. The zero-order valence-electron chi connectivity index (χ0n) is 11.5. The average molecular weight is 284 g/mol. The Morgan fingerprint density at radius 2 is 1.95 bits per heavy atom. The minimum Gasteiger partial charge on any atom is -0.497 e. The van der Waals surface area contributed by atoms with Gasteiger partial charge in [0.15, 0.2) is 5.11 Å². The van der Waals surface area contributed by atoms with Gasteiger partial charge in [0.25, 0.3) is 0 Å². The molecular weight excluding hydrogens is 264 g/mol. The zero-order chi connectivity index (χ0) is 14.1. The first-order valence-electron chi connectivity index (χ1n) is 5.92. The highest BCUT2D eigenvalue weighted by Crippen LogP contribution is 2.24. The van der Waals surface area contributed by atoms with E-state index in [0.29, 0.717) is 24.8 Å². The predicted octanol–water partition coefficient (Wildman–Crippen LogP) is 1.31. The van der Waals surface area contributed by atoms with Crippen molar-refractivity contribution in [3.63, 3.8) is 0 Å².